The Balaban J connectivity index is 1.51. The van der Waals surface area contributed by atoms with Crippen LogP contribution in [-0.2, 0) is 34.1 Å². The van der Waals surface area contributed by atoms with Gasteiger partial charge in [0, 0.05) is 31.6 Å². The minimum Gasteiger partial charge on any atom is -0.394 e. The van der Waals surface area contributed by atoms with E-state index in [1.54, 1.807) is 11.7 Å². The van der Waals surface area contributed by atoms with Gasteiger partial charge in [-0.15, -0.1) is 0 Å². The minimum atomic E-state index is -0.105. The van der Waals surface area contributed by atoms with Crippen LogP contribution in [0, 0.1) is 0 Å². The van der Waals surface area contributed by atoms with Crippen LogP contribution in [-0.4, -0.2) is 54.0 Å². The van der Waals surface area contributed by atoms with E-state index in [9.17, 15) is 9.90 Å². The predicted octanol–water partition coefficient (Wildman–Crippen LogP) is 4.08. The normalized spacial score (nSPS) is 18.1. The maximum atomic E-state index is 11.8. The number of hydrogen-bond donors (Lipinski definition) is 2. The summed E-state index contributed by atoms with van der Waals surface area (Å²) in [5.74, 6) is 0.266. The summed E-state index contributed by atoms with van der Waals surface area (Å²) in [5.41, 5.74) is 4.64. The maximum Gasteiger partial charge on any atom is 0.241 e. The molecule has 0 spiro atoms. The van der Waals surface area contributed by atoms with Crippen molar-refractivity contribution in [2.75, 3.05) is 13.7 Å². The lowest BCUT2D eigenvalue weighted by Crippen LogP contribution is -2.25. The highest BCUT2D eigenvalue weighted by Crippen LogP contribution is 2.53. The van der Waals surface area contributed by atoms with Gasteiger partial charge in [0.25, 0.3) is 0 Å². The first kappa shape index (κ1) is 28.1. The molecule has 2 N–H and O–H groups in total. The van der Waals surface area contributed by atoms with E-state index in [2.05, 4.69) is 76.0 Å². The molecule has 0 aliphatic heterocycles. The highest BCUT2D eigenvalue weighted by atomic mass is 16.3. The lowest BCUT2D eigenvalue weighted by molar-refractivity contribution is -0.121. The van der Waals surface area contributed by atoms with Crippen LogP contribution in [0.15, 0.2) is 31.0 Å². The molecule has 3 aromatic rings. The van der Waals surface area contributed by atoms with Gasteiger partial charge in [0.05, 0.1) is 37.3 Å². The molecule has 2 atom stereocenters. The third-order valence-electron chi connectivity index (χ3n) is 8.14. The summed E-state index contributed by atoms with van der Waals surface area (Å²) in [4.78, 5) is 11.8. The second-order valence-corrected chi connectivity index (χ2v) is 13.2. The van der Waals surface area contributed by atoms with Gasteiger partial charge in [-0.1, -0.05) is 48.5 Å². The van der Waals surface area contributed by atoms with Crippen LogP contribution >= 0.6 is 0 Å². The number of nitrogens with zero attached hydrogens (tertiary/aromatic N) is 6. The zero-order chi connectivity index (χ0) is 27.9. The highest BCUT2D eigenvalue weighted by Gasteiger charge is 2.46. The molecule has 9 heteroatoms. The third kappa shape index (κ3) is 6.03. The molecule has 38 heavy (non-hydrogen) atoms. The molecule has 3 aromatic heterocycles. The van der Waals surface area contributed by atoms with E-state index in [0.717, 1.165) is 30.5 Å². The molecular formula is C29H45N7O2. The summed E-state index contributed by atoms with van der Waals surface area (Å²) < 4.78 is 5.72. The van der Waals surface area contributed by atoms with E-state index in [1.165, 1.54) is 11.1 Å². The molecule has 1 saturated carbocycles. The van der Waals surface area contributed by atoms with Crippen molar-refractivity contribution in [2.45, 2.75) is 109 Å². The lowest BCUT2D eigenvalue weighted by Gasteiger charge is -2.31. The molecular weight excluding hydrogens is 478 g/mol. The first-order chi connectivity index (χ1) is 17.7. The molecule has 0 saturated heterocycles. The summed E-state index contributed by atoms with van der Waals surface area (Å²) >= 11 is 0. The van der Waals surface area contributed by atoms with Gasteiger partial charge in [-0.2, -0.15) is 15.3 Å². The van der Waals surface area contributed by atoms with E-state index in [1.807, 2.05) is 23.3 Å². The van der Waals surface area contributed by atoms with Gasteiger partial charge in [0.15, 0.2) is 0 Å². The van der Waals surface area contributed by atoms with Crippen molar-refractivity contribution in [3.63, 3.8) is 0 Å². The molecule has 1 amide bonds. The fourth-order valence-electron chi connectivity index (χ4n) is 5.05. The van der Waals surface area contributed by atoms with Gasteiger partial charge in [0.1, 0.15) is 6.54 Å². The number of likely N-dealkylation sites (N-methyl/N-ethyl adjacent to an activating group) is 1. The Morgan fingerprint density at radius 1 is 0.974 bits per heavy atom. The molecule has 208 valence electrons. The second kappa shape index (κ2) is 10.3. The largest absolute Gasteiger partial charge is 0.394 e. The van der Waals surface area contributed by atoms with Crippen LogP contribution in [0.3, 0.4) is 0 Å². The van der Waals surface area contributed by atoms with E-state index in [0.29, 0.717) is 18.5 Å². The molecule has 1 aliphatic carbocycles. The van der Waals surface area contributed by atoms with Crippen LogP contribution in [0.1, 0.15) is 102 Å². The third-order valence-corrected chi connectivity index (χ3v) is 8.14. The minimum absolute atomic E-state index is 0.0610. The first-order valence-electron chi connectivity index (χ1n) is 13.7. The molecule has 0 bridgehead atoms. The number of rotatable bonds is 11. The van der Waals surface area contributed by atoms with Gasteiger partial charge in [0.2, 0.25) is 5.91 Å². The zero-order valence-electron chi connectivity index (χ0n) is 24.3. The summed E-state index contributed by atoms with van der Waals surface area (Å²) in [6, 6.07) is 0.320. The lowest BCUT2D eigenvalue weighted by atomic mass is 9.73. The Morgan fingerprint density at radius 3 is 2.29 bits per heavy atom. The average Bonchev–Trinajstić information content (AvgIpc) is 3.23. The number of aliphatic hydroxyl groups excluding tert-OH is 1. The van der Waals surface area contributed by atoms with Crippen molar-refractivity contribution in [3.05, 3.63) is 53.4 Å². The van der Waals surface area contributed by atoms with Crippen LogP contribution in [0.2, 0.25) is 0 Å². The number of aromatic nitrogens is 6. The van der Waals surface area contributed by atoms with Gasteiger partial charge >= 0.3 is 0 Å². The molecule has 2 unspecified atom stereocenters. The monoisotopic (exact) mass is 523 g/mol. The fraction of sp³-hybridized carbons (Fsp3) is 0.655. The molecule has 1 fully saturated rings. The summed E-state index contributed by atoms with van der Waals surface area (Å²) in [7, 11) is 1.64. The SMILES string of the molecule is CNC(=O)Cn1cc(C(C)(C)CCC(C)(C)c2cn(CCO)nc2C2CC2n2cc(C(C)(C)C)cn2)cn1. The molecule has 4 rings (SSSR count). The Hall–Kier alpha value is -2.94. The van der Waals surface area contributed by atoms with Gasteiger partial charge in [-0.25, -0.2) is 0 Å². The van der Waals surface area contributed by atoms with E-state index in [-0.39, 0.29) is 35.3 Å². The Bertz CT molecular complexity index is 1260. The van der Waals surface area contributed by atoms with Gasteiger partial charge < -0.3 is 10.4 Å². The summed E-state index contributed by atoms with van der Waals surface area (Å²) in [6.07, 6.45) is 13.1. The van der Waals surface area contributed by atoms with Crippen molar-refractivity contribution in [1.82, 2.24) is 34.7 Å². The summed E-state index contributed by atoms with van der Waals surface area (Å²) in [5, 5.41) is 26.3. The van der Waals surface area contributed by atoms with Crippen molar-refractivity contribution in [3.8, 4) is 0 Å². The van der Waals surface area contributed by atoms with Crippen LogP contribution < -0.4 is 5.32 Å². The molecule has 0 radical (unpaired) electrons. The number of aliphatic hydroxyl groups is 1. The Kier molecular flexibility index (Phi) is 7.63. The number of carbonyl (C=O) groups is 1. The van der Waals surface area contributed by atoms with Crippen molar-refractivity contribution < 1.29 is 9.90 Å². The van der Waals surface area contributed by atoms with Crippen LogP contribution in [0.25, 0.3) is 0 Å². The van der Waals surface area contributed by atoms with Crippen LogP contribution in [0.5, 0.6) is 0 Å². The number of carbonyl (C=O) groups excluding carboxylic acids is 1. The summed E-state index contributed by atoms with van der Waals surface area (Å²) in [6.45, 7) is 16.5. The van der Waals surface area contributed by atoms with Gasteiger partial charge in [-0.3, -0.25) is 18.8 Å². The average molecular weight is 524 g/mol. The number of amides is 1. The maximum absolute atomic E-state index is 11.8. The standard InChI is InChI=1S/C29H45N7O2/c1-27(2,3)20-14-32-36(17-20)24-13-22(24)26-23(18-34(33-26)11-12-37)29(6,7)10-9-28(4,5)21-15-31-35(16-21)19-25(38)30-8/h14-18,22,24,37H,9-13,19H2,1-8H3,(H,30,38). The van der Waals surface area contributed by atoms with Crippen molar-refractivity contribution in [1.29, 1.82) is 0 Å². The van der Waals surface area contributed by atoms with Gasteiger partial charge in [-0.05, 0) is 52.2 Å². The molecule has 0 aromatic carbocycles. The van der Waals surface area contributed by atoms with E-state index in [4.69, 9.17) is 10.2 Å². The Labute approximate surface area is 226 Å². The Morgan fingerprint density at radius 2 is 1.66 bits per heavy atom. The molecule has 3 heterocycles. The quantitative estimate of drug-likeness (QED) is 0.394. The van der Waals surface area contributed by atoms with Crippen molar-refractivity contribution >= 4 is 5.91 Å². The first-order valence-corrected chi connectivity index (χ1v) is 13.7. The smallest absolute Gasteiger partial charge is 0.241 e. The van der Waals surface area contributed by atoms with Crippen molar-refractivity contribution in [2.24, 2.45) is 0 Å². The molecule has 1 aliphatic rings. The molecule has 9 nitrogen and oxygen atoms in total. The highest BCUT2D eigenvalue weighted by molar-refractivity contribution is 5.75. The number of hydrogen-bond acceptors (Lipinski definition) is 5. The number of nitrogens with one attached hydrogen (secondary N) is 1. The predicted molar refractivity (Wildman–Crippen MR) is 148 cm³/mol. The van der Waals surface area contributed by atoms with Crippen LogP contribution in [0.4, 0.5) is 0 Å². The second-order valence-electron chi connectivity index (χ2n) is 13.2. The van der Waals surface area contributed by atoms with E-state index >= 15 is 0 Å². The van der Waals surface area contributed by atoms with E-state index < -0.39 is 0 Å². The fourth-order valence-corrected chi connectivity index (χ4v) is 5.05. The topological polar surface area (TPSA) is 103 Å². The zero-order valence-corrected chi connectivity index (χ0v) is 24.3.